The molecule has 0 fully saturated rings. The molecule has 3 aromatic rings. The Balaban J connectivity index is 1.61. The Morgan fingerprint density at radius 1 is 1.28 bits per heavy atom. The number of aromatic nitrogens is 1. The molecule has 1 aromatic heterocycles. The minimum Gasteiger partial charge on any atom is -0.495 e. The van der Waals surface area contributed by atoms with E-state index in [1.165, 1.54) is 12.0 Å². The summed E-state index contributed by atoms with van der Waals surface area (Å²) in [5.74, 6) is 0.413. The molecule has 32 heavy (non-hydrogen) atoms. The third kappa shape index (κ3) is 4.28. The zero-order valence-corrected chi connectivity index (χ0v) is 19.6. The molecule has 1 atom stereocenters. The van der Waals surface area contributed by atoms with Gasteiger partial charge in [-0.1, -0.05) is 11.6 Å². The second-order valence-electron chi connectivity index (χ2n) is 7.40. The van der Waals surface area contributed by atoms with E-state index in [0.29, 0.717) is 27.9 Å². The smallest absolute Gasteiger partial charge is 0.268 e. The van der Waals surface area contributed by atoms with Crippen LogP contribution in [0.15, 0.2) is 36.4 Å². The van der Waals surface area contributed by atoms with Crippen LogP contribution in [0.3, 0.4) is 0 Å². The number of nitrogens with zero attached hydrogens (tertiary/aromatic N) is 2. The number of rotatable bonds is 5. The van der Waals surface area contributed by atoms with Crippen LogP contribution >= 0.6 is 22.9 Å². The highest BCUT2D eigenvalue weighted by molar-refractivity contribution is 7.11. The lowest BCUT2D eigenvalue weighted by Crippen LogP contribution is -2.47. The number of nitrogens with one attached hydrogen (secondary N) is 1. The van der Waals surface area contributed by atoms with Gasteiger partial charge in [-0.25, -0.2) is 4.98 Å². The van der Waals surface area contributed by atoms with Crippen LogP contribution in [-0.4, -0.2) is 36.6 Å². The average molecular weight is 472 g/mol. The van der Waals surface area contributed by atoms with Gasteiger partial charge in [0.25, 0.3) is 5.91 Å². The van der Waals surface area contributed by atoms with Crippen LogP contribution in [0.25, 0.3) is 11.3 Å². The Morgan fingerprint density at radius 2 is 2.06 bits per heavy atom. The highest BCUT2D eigenvalue weighted by Gasteiger charge is 2.33. The molecule has 4 rings (SSSR count). The van der Waals surface area contributed by atoms with Crippen molar-refractivity contribution in [1.29, 1.82) is 0 Å². The van der Waals surface area contributed by atoms with Crippen LogP contribution in [-0.2, 0) is 9.59 Å². The average Bonchev–Trinajstić information content (AvgIpc) is 3.09. The predicted molar refractivity (Wildman–Crippen MR) is 126 cm³/mol. The molecule has 2 amide bonds. The van der Waals surface area contributed by atoms with Crippen LogP contribution in [0.2, 0.25) is 5.02 Å². The van der Waals surface area contributed by atoms with Crippen LogP contribution in [0.5, 0.6) is 11.5 Å². The second kappa shape index (κ2) is 8.80. The monoisotopic (exact) mass is 471 g/mol. The van der Waals surface area contributed by atoms with Crippen LogP contribution < -0.4 is 19.7 Å². The lowest BCUT2D eigenvalue weighted by atomic mass is 10.1. The third-order valence-electron chi connectivity index (χ3n) is 5.08. The molecule has 2 heterocycles. The summed E-state index contributed by atoms with van der Waals surface area (Å²) in [5, 5.41) is 4.13. The van der Waals surface area contributed by atoms with Gasteiger partial charge in [-0.15, -0.1) is 11.3 Å². The Morgan fingerprint density at radius 3 is 2.72 bits per heavy atom. The highest BCUT2D eigenvalue weighted by atomic mass is 35.5. The van der Waals surface area contributed by atoms with E-state index in [4.69, 9.17) is 21.1 Å². The maximum atomic E-state index is 12.9. The molecule has 1 aliphatic heterocycles. The maximum Gasteiger partial charge on any atom is 0.268 e. The van der Waals surface area contributed by atoms with E-state index in [1.54, 1.807) is 36.5 Å². The van der Waals surface area contributed by atoms with Crippen LogP contribution in [0.1, 0.15) is 16.8 Å². The molecule has 1 unspecified atom stereocenters. The fourth-order valence-corrected chi connectivity index (χ4v) is 4.70. The molecular formula is C23H22ClN3O4S. The van der Waals surface area contributed by atoms with Gasteiger partial charge in [-0.05, 0) is 57.2 Å². The quantitative estimate of drug-likeness (QED) is 0.575. The molecule has 0 saturated heterocycles. The number of amides is 2. The number of methoxy groups -OCH3 is 1. The Kier molecular flexibility index (Phi) is 6.08. The number of anilines is 2. The zero-order valence-electron chi connectivity index (χ0n) is 18.1. The predicted octanol–water partition coefficient (Wildman–Crippen LogP) is 4.84. The fourth-order valence-electron chi connectivity index (χ4n) is 3.60. The lowest BCUT2D eigenvalue weighted by Gasteiger charge is -2.33. The first kappa shape index (κ1) is 22.1. The number of benzene rings is 2. The van der Waals surface area contributed by atoms with Crippen molar-refractivity contribution in [3.05, 3.63) is 51.3 Å². The topological polar surface area (TPSA) is 80.8 Å². The minimum absolute atomic E-state index is 0.165. The molecule has 166 valence electrons. The summed E-state index contributed by atoms with van der Waals surface area (Å²) in [5.41, 5.74) is 2.78. The molecule has 0 spiro atoms. The minimum atomic E-state index is -0.695. The molecule has 1 aliphatic rings. The first-order valence-electron chi connectivity index (χ1n) is 9.96. The van der Waals surface area contributed by atoms with Gasteiger partial charge in [-0.3, -0.25) is 14.5 Å². The fraction of sp³-hybridized carbons (Fsp3) is 0.261. The SMILES string of the molecule is COc1ccc(NC(=O)CN2C(=O)C(C)Oc3ccc(-c4nc(C)sc4C)cc32)cc1Cl. The first-order chi connectivity index (χ1) is 15.3. The van der Waals surface area contributed by atoms with Gasteiger partial charge in [0.1, 0.15) is 18.0 Å². The third-order valence-corrected chi connectivity index (χ3v) is 6.26. The van der Waals surface area contributed by atoms with Gasteiger partial charge in [0, 0.05) is 16.1 Å². The number of hydrogen-bond acceptors (Lipinski definition) is 6. The van der Waals surface area contributed by atoms with Crippen molar-refractivity contribution in [2.45, 2.75) is 26.9 Å². The van der Waals surface area contributed by atoms with E-state index in [-0.39, 0.29) is 18.4 Å². The van der Waals surface area contributed by atoms with Gasteiger partial charge in [-0.2, -0.15) is 0 Å². The number of fused-ring (bicyclic) bond motifs is 1. The normalized spacial score (nSPS) is 15.2. The summed E-state index contributed by atoms with van der Waals surface area (Å²) in [6.07, 6.45) is -0.695. The summed E-state index contributed by atoms with van der Waals surface area (Å²) in [6, 6.07) is 10.5. The summed E-state index contributed by atoms with van der Waals surface area (Å²) in [4.78, 5) is 32.8. The highest BCUT2D eigenvalue weighted by Crippen LogP contribution is 2.39. The zero-order chi connectivity index (χ0) is 23.0. The van der Waals surface area contributed by atoms with Crippen molar-refractivity contribution in [3.63, 3.8) is 0 Å². The standard InChI is InChI=1S/C23H22ClN3O4S/c1-12-23(29)27(11-21(28)26-16-6-8-19(30-4)17(24)10-16)18-9-15(5-7-20(18)31-12)22-13(2)32-14(3)25-22/h5-10,12H,11H2,1-4H3,(H,26,28). The number of carbonyl (C=O) groups is 2. The van der Waals surface area contributed by atoms with Crippen LogP contribution in [0.4, 0.5) is 11.4 Å². The largest absolute Gasteiger partial charge is 0.495 e. The van der Waals surface area contributed by atoms with Gasteiger partial charge >= 0.3 is 0 Å². The number of hydrogen-bond donors (Lipinski definition) is 1. The molecular weight excluding hydrogens is 450 g/mol. The molecule has 0 saturated carbocycles. The molecule has 9 heteroatoms. The van der Waals surface area contributed by atoms with Crippen molar-refractivity contribution in [2.75, 3.05) is 23.9 Å². The number of thiazole rings is 1. The molecule has 0 aliphatic carbocycles. The van der Waals surface area contributed by atoms with Gasteiger partial charge < -0.3 is 14.8 Å². The van der Waals surface area contributed by atoms with Crippen molar-refractivity contribution >= 4 is 46.1 Å². The van der Waals surface area contributed by atoms with Crippen molar-refractivity contribution in [2.24, 2.45) is 0 Å². The summed E-state index contributed by atoms with van der Waals surface area (Å²) >= 11 is 7.75. The second-order valence-corrected chi connectivity index (χ2v) is 9.22. The van der Waals surface area contributed by atoms with E-state index < -0.39 is 6.10 Å². The molecule has 1 N–H and O–H groups in total. The van der Waals surface area contributed by atoms with E-state index in [9.17, 15) is 9.59 Å². The Labute approximate surface area is 194 Å². The lowest BCUT2D eigenvalue weighted by molar-refractivity contribution is -0.127. The number of aryl methyl sites for hydroxylation is 2. The summed E-state index contributed by atoms with van der Waals surface area (Å²) in [7, 11) is 1.52. The Bertz CT molecular complexity index is 1210. The maximum absolute atomic E-state index is 12.9. The number of ether oxygens (including phenoxy) is 2. The van der Waals surface area contributed by atoms with Gasteiger partial charge in [0.05, 0.1) is 28.5 Å². The van der Waals surface area contributed by atoms with Crippen molar-refractivity contribution in [3.8, 4) is 22.8 Å². The summed E-state index contributed by atoms with van der Waals surface area (Å²) < 4.78 is 10.9. The molecule has 2 aromatic carbocycles. The number of carbonyl (C=O) groups excluding carboxylic acids is 2. The molecule has 0 radical (unpaired) electrons. The van der Waals surface area contributed by atoms with Gasteiger partial charge in [0.2, 0.25) is 5.91 Å². The van der Waals surface area contributed by atoms with E-state index in [0.717, 1.165) is 21.1 Å². The van der Waals surface area contributed by atoms with E-state index in [2.05, 4.69) is 10.3 Å². The van der Waals surface area contributed by atoms with Crippen molar-refractivity contribution in [1.82, 2.24) is 4.98 Å². The van der Waals surface area contributed by atoms with Crippen molar-refractivity contribution < 1.29 is 19.1 Å². The van der Waals surface area contributed by atoms with Gasteiger partial charge in [0.15, 0.2) is 6.10 Å². The molecule has 7 nitrogen and oxygen atoms in total. The summed E-state index contributed by atoms with van der Waals surface area (Å²) in [6.45, 7) is 5.47. The first-order valence-corrected chi connectivity index (χ1v) is 11.2. The number of halogens is 1. The van der Waals surface area contributed by atoms with E-state index in [1.807, 2.05) is 32.0 Å². The Hall–Kier alpha value is -3.10. The molecule has 0 bridgehead atoms. The van der Waals surface area contributed by atoms with Crippen LogP contribution in [0, 0.1) is 13.8 Å². The van der Waals surface area contributed by atoms with E-state index >= 15 is 0 Å².